The van der Waals surface area contributed by atoms with Gasteiger partial charge in [-0.25, -0.2) is 0 Å². The Morgan fingerprint density at radius 2 is 1.83 bits per heavy atom. The first kappa shape index (κ1) is 7.41. The van der Waals surface area contributed by atoms with E-state index in [0.29, 0.717) is 0 Å². The molecule has 0 nitrogen and oxygen atoms in total. The first-order valence-electron chi connectivity index (χ1n) is 5.65. The van der Waals surface area contributed by atoms with Crippen LogP contribution in [0.15, 0.2) is 0 Å². The quantitative estimate of drug-likeness (QED) is 0.515. The maximum atomic E-state index is 2.50. The van der Waals surface area contributed by atoms with Gasteiger partial charge in [-0.2, -0.15) is 0 Å². The molecule has 0 saturated heterocycles. The van der Waals surface area contributed by atoms with Crippen LogP contribution in [0.3, 0.4) is 0 Å². The van der Waals surface area contributed by atoms with Crippen LogP contribution in [0.2, 0.25) is 0 Å². The van der Waals surface area contributed by atoms with Crippen molar-refractivity contribution in [1.82, 2.24) is 0 Å². The molecule has 0 aliphatic heterocycles. The largest absolute Gasteiger partial charge is 0.0625 e. The molecule has 0 aromatic rings. The molecule has 0 amide bonds. The summed E-state index contributed by atoms with van der Waals surface area (Å²) < 4.78 is 0. The van der Waals surface area contributed by atoms with Gasteiger partial charge in [-0.15, -0.1) is 0 Å². The first-order chi connectivity index (χ1) is 5.65. The molecule has 0 aromatic heterocycles. The second-order valence-corrected chi connectivity index (χ2v) is 5.93. The maximum absolute atomic E-state index is 2.50. The Bertz CT molecular complexity index is 212. The van der Waals surface area contributed by atoms with Gasteiger partial charge in [0.1, 0.15) is 0 Å². The lowest BCUT2D eigenvalue weighted by atomic mass is 9.63. The molecule has 3 saturated carbocycles. The molecule has 0 N–H and O–H groups in total. The van der Waals surface area contributed by atoms with E-state index in [0.717, 1.165) is 35.0 Å². The van der Waals surface area contributed by atoms with Crippen LogP contribution in [0.5, 0.6) is 0 Å². The molecule has 3 aliphatic rings. The Morgan fingerprint density at radius 1 is 1.08 bits per heavy atom. The Kier molecular flexibility index (Phi) is 1.18. The fraction of sp³-hybridized carbons (Fsp3) is 1.00. The lowest BCUT2D eigenvalue weighted by Gasteiger charge is -2.42. The van der Waals surface area contributed by atoms with Crippen molar-refractivity contribution in [3.8, 4) is 0 Å². The summed E-state index contributed by atoms with van der Waals surface area (Å²) in [4.78, 5) is 0. The Balaban J connectivity index is 1.84. The van der Waals surface area contributed by atoms with Crippen molar-refractivity contribution in [1.29, 1.82) is 0 Å². The molecule has 0 heteroatoms. The minimum Gasteiger partial charge on any atom is -0.0625 e. The highest BCUT2D eigenvalue weighted by Gasteiger charge is 2.71. The van der Waals surface area contributed by atoms with Crippen LogP contribution in [0, 0.1) is 35.0 Å². The third kappa shape index (κ3) is 0.625. The van der Waals surface area contributed by atoms with Crippen LogP contribution in [0.1, 0.15) is 40.0 Å². The summed E-state index contributed by atoms with van der Waals surface area (Å²) in [6, 6.07) is 0. The average Bonchev–Trinajstić information content (AvgIpc) is 2.30. The lowest BCUT2D eigenvalue weighted by molar-refractivity contribution is 0.0658. The van der Waals surface area contributed by atoms with E-state index in [4.69, 9.17) is 0 Å². The van der Waals surface area contributed by atoms with E-state index in [1.54, 1.807) is 12.8 Å². The smallest absolute Gasteiger partial charge is 0.0233 e. The Labute approximate surface area is 75.7 Å². The zero-order valence-corrected chi connectivity index (χ0v) is 8.51. The minimum atomic E-state index is 0.851. The van der Waals surface area contributed by atoms with E-state index in [1.807, 2.05) is 0 Å². The number of hydrogen-bond donors (Lipinski definition) is 0. The van der Waals surface area contributed by atoms with Crippen LogP contribution in [-0.4, -0.2) is 0 Å². The topological polar surface area (TPSA) is 0 Å². The van der Waals surface area contributed by atoms with Gasteiger partial charge in [-0.3, -0.25) is 0 Å². The van der Waals surface area contributed by atoms with E-state index in [-0.39, 0.29) is 0 Å². The fourth-order valence-electron chi connectivity index (χ4n) is 4.74. The molecule has 3 aliphatic carbocycles. The normalized spacial score (nSPS) is 67.8. The maximum Gasteiger partial charge on any atom is -0.0233 e. The average molecular weight is 164 g/mol. The summed E-state index contributed by atoms with van der Waals surface area (Å²) in [5, 5.41) is 0. The highest BCUT2D eigenvalue weighted by atomic mass is 14.8. The van der Waals surface area contributed by atoms with E-state index in [9.17, 15) is 0 Å². The van der Waals surface area contributed by atoms with Crippen LogP contribution < -0.4 is 0 Å². The second-order valence-electron chi connectivity index (χ2n) is 5.93. The van der Waals surface area contributed by atoms with Gasteiger partial charge in [0.25, 0.3) is 0 Å². The van der Waals surface area contributed by atoms with Crippen LogP contribution in [0.4, 0.5) is 0 Å². The van der Waals surface area contributed by atoms with E-state index < -0.39 is 0 Å². The van der Waals surface area contributed by atoms with Gasteiger partial charge in [0.15, 0.2) is 0 Å². The van der Waals surface area contributed by atoms with Crippen molar-refractivity contribution < 1.29 is 0 Å². The van der Waals surface area contributed by atoms with Crippen molar-refractivity contribution in [2.24, 2.45) is 35.0 Å². The highest BCUT2D eigenvalue weighted by molar-refractivity contribution is 5.19. The molecule has 0 bridgehead atoms. The van der Waals surface area contributed by atoms with E-state index in [2.05, 4.69) is 20.8 Å². The van der Waals surface area contributed by atoms with Gasteiger partial charge < -0.3 is 0 Å². The third-order valence-corrected chi connectivity index (χ3v) is 5.31. The monoisotopic (exact) mass is 164 g/mol. The molecular formula is C12H20. The van der Waals surface area contributed by atoms with Gasteiger partial charge >= 0.3 is 0 Å². The van der Waals surface area contributed by atoms with Crippen molar-refractivity contribution in [2.45, 2.75) is 40.0 Å². The summed E-state index contributed by atoms with van der Waals surface area (Å²) in [6.07, 6.45) is 4.65. The van der Waals surface area contributed by atoms with Crippen LogP contribution >= 0.6 is 0 Å². The van der Waals surface area contributed by atoms with Gasteiger partial charge in [-0.1, -0.05) is 20.8 Å². The second kappa shape index (κ2) is 1.91. The van der Waals surface area contributed by atoms with Gasteiger partial charge in [-0.05, 0) is 54.3 Å². The minimum absolute atomic E-state index is 0.851. The SMILES string of the molecule is CC1CC(C)C2(C1)CC1C(C)C12. The van der Waals surface area contributed by atoms with Crippen molar-refractivity contribution in [3.63, 3.8) is 0 Å². The van der Waals surface area contributed by atoms with Crippen LogP contribution in [0.25, 0.3) is 0 Å². The highest BCUT2D eigenvalue weighted by Crippen LogP contribution is 2.77. The van der Waals surface area contributed by atoms with E-state index >= 15 is 0 Å². The zero-order valence-electron chi connectivity index (χ0n) is 8.51. The summed E-state index contributed by atoms with van der Waals surface area (Å²) >= 11 is 0. The van der Waals surface area contributed by atoms with Crippen molar-refractivity contribution >= 4 is 0 Å². The predicted octanol–water partition coefficient (Wildman–Crippen LogP) is 3.32. The molecule has 3 fully saturated rings. The van der Waals surface area contributed by atoms with Crippen molar-refractivity contribution in [2.75, 3.05) is 0 Å². The molecule has 1 spiro atoms. The van der Waals surface area contributed by atoms with Crippen LogP contribution in [-0.2, 0) is 0 Å². The van der Waals surface area contributed by atoms with Gasteiger partial charge in [0, 0.05) is 0 Å². The standard InChI is InChI=1S/C12H20/c1-7-4-8(2)12(5-7)6-10-9(3)11(10)12/h7-11H,4-6H2,1-3H3. The summed E-state index contributed by atoms with van der Waals surface area (Å²) in [5.74, 6) is 5.49. The molecule has 0 aromatic carbocycles. The van der Waals surface area contributed by atoms with Gasteiger partial charge in [0.2, 0.25) is 0 Å². The molecular weight excluding hydrogens is 144 g/mol. The predicted molar refractivity (Wildman–Crippen MR) is 50.8 cm³/mol. The lowest BCUT2D eigenvalue weighted by Crippen LogP contribution is -2.35. The molecule has 12 heavy (non-hydrogen) atoms. The third-order valence-electron chi connectivity index (χ3n) is 5.31. The van der Waals surface area contributed by atoms with Gasteiger partial charge in [0.05, 0.1) is 0 Å². The Morgan fingerprint density at radius 3 is 2.17 bits per heavy atom. The summed E-state index contributed by atoms with van der Waals surface area (Å²) in [6.45, 7) is 7.43. The number of fused-ring (bicyclic) bond motifs is 2. The summed E-state index contributed by atoms with van der Waals surface area (Å²) in [7, 11) is 0. The summed E-state index contributed by atoms with van der Waals surface area (Å²) in [5.41, 5.74) is 0.851. The molecule has 6 unspecified atom stereocenters. The first-order valence-corrected chi connectivity index (χ1v) is 5.65. The Hall–Kier alpha value is 0. The molecule has 6 atom stereocenters. The zero-order chi connectivity index (χ0) is 8.51. The number of hydrogen-bond acceptors (Lipinski definition) is 0. The fourth-order valence-corrected chi connectivity index (χ4v) is 4.74. The van der Waals surface area contributed by atoms with Crippen molar-refractivity contribution in [3.05, 3.63) is 0 Å². The molecule has 68 valence electrons. The molecule has 0 radical (unpaired) electrons. The molecule has 3 rings (SSSR count). The number of rotatable bonds is 0. The molecule has 0 heterocycles. The van der Waals surface area contributed by atoms with E-state index in [1.165, 1.54) is 6.42 Å².